The number of hydrogen-bond acceptors (Lipinski definition) is 2. The maximum atomic E-state index is 13.2. The molecule has 1 aliphatic carbocycles. The van der Waals surface area contributed by atoms with E-state index in [1.807, 2.05) is 6.07 Å². The van der Waals surface area contributed by atoms with E-state index >= 15 is 0 Å². The van der Waals surface area contributed by atoms with Crippen LogP contribution in [0.25, 0.3) is 0 Å². The third kappa shape index (κ3) is 2.79. The van der Waals surface area contributed by atoms with Crippen molar-refractivity contribution in [2.24, 2.45) is 0 Å². The van der Waals surface area contributed by atoms with Gasteiger partial charge in [-0.05, 0) is 30.9 Å². The molecule has 1 aromatic carbocycles. The Kier molecular flexibility index (Phi) is 4.02. The monoisotopic (exact) mass is 257 g/mol. The van der Waals surface area contributed by atoms with Crippen LogP contribution in [0.2, 0.25) is 5.02 Å². The van der Waals surface area contributed by atoms with Gasteiger partial charge in [-0.1, -0.05) is 23.7 Å². The first-order chi connectivity index (χ1) is 8.17. The zero-order chi connectivity index (χ0) is 12.3. The molecule has 0 saturated heterocycles. The highest BCUT2D eigenvalue weighted by Crippen LogP contribution is 2.34. The number of rotatable bonds is 5. The van der Waals surface area contributed by atoms with Gasteiger partial charge in [-0.2, -0.15) is 0 Å². The van der Waals surface area contributed by atoms with Gasteiger partial charge in [-0.3, -0.25) is 0 Å². The molecule has 0 aliphatic heterocycles. The largest absolute Gasteiger partial charge is 0.377 e. The fourth-order valence-electron chi connectivity index (χ4n) is 2.13. The van der Waals surface area contributed by atoms with E-state index in [1.54, 1.807) is 13.2 Å². The van der Waals surface area contributed by atoms with Gasteiger partial charge in [0.05, 0.1) is 10.6 Å². The zero-order valence-corrected chi connectivity index (χ0v) is 10.7. The molecule has 0 radical (unpaired) electrons. The number of ether oxygens (including phenoxy) is 1. The van der Waals surface area contributed by atoms with Gasteiger partial charge in [0.2, 0.25) is 0 Å². The van der Waals surface area contributed by atoms with Crippen molar-refractivity contribution in [2.75, 3.05) is 13.7 Å². The van der Waals surface area contributed by atoms with E-state index in [9.17, 15) is 4.39 Å². The Labute approximate surface area is 106 Å². The highest BCUT2D eigenvalue weighted by molar-refractivity contribution is 6.31. The summed E-state index contributed by atoms with van der Waals surface area (Å²) < 4.78 is 18.7. The summed E-state index contributed by atoms with van der Waals surface area (Å²) in [5, 5.41) is 3.50. The minimum absolute atomic E-state index is 0.0141. The Hall–Kier alpha value is -0.640. The zero-order valence-electron chi connectivity index (χ0n) is 9.93. The van der Waals surface area contributed by atoms with E-state index in [0.717, 1.165) is 24.9 Å². The third-order valence-electron chi connectivity index (χ3n) is 3.49. The smallest absolute Gasteiger partial charge is 0.142 e. The minimum atomic E-state index is -0.365. The first-order valence-corrected chi connectivity index (χ1v) is 6.23. The molecule has 2 rings (SSSR count). The fraction of sp³-hybridized carbons (Fsp3) is 0.538. The summed E-state index contributed by atoms with van der Waals surface area (Å²) >= 11 is 5.88. The van der Waals surface area contributed by atoms with Crippen LogP contribution in [0.15, 0.2) is 18.2 Å². The first kappa shape index (κ1) is 12.8. The lowest BCUT2D eigenvalue weighted by atomic mass is 9.80. The molecule has 0 spiro atoms. The van der Waals surface area contributed by atoms with Gasteiger partial charge >= 0.3 is 0 Å². The van der Waals surface area contributed by atoms with Crippen LogP contribution < -0.4 is 5.32 Å². The average molecular weight is 258 g/mol. The predicted octanol–water partition coefficient (Wildman–Crippen LogP) is 3.14. The summed E-state index contributed by atoms with van der Waals surface area (Å²) in [5.74, 6) is -0.365. The van der Waals surface area contributed by atoms with Crippen molar-refractivity contribution in [1.82, 2.24) is 5.32 Å². The van der Waals surface area contributed by atoms with Crippen molar-refractivity contribution in [1.29, 1.82) is 0 Å². The van der Waals surface area contributed by atoms with Crippen LogP contribution in [-0.4, -0.2) is 19.3 Å². The van der Waals surface area contributed by atoms with Gasteiger partial charge in [0.1, 0.15) is 5.82 Å². The molecule has 1 saturated carbocycles. The van der Waals surface area contributed by atoms with Crippen LogP contribution in [0.4, 0.5) is 4.39 Å². The van der Waals surface area contributed by atoms with Crippen LogP contribution in [0.3, 0.4) is 0 Å². The van der Waals surface area contributed by atoms with Crippen LogP contribution >= 0.6 is 11.6 Å². The molecule has 4 heteroatoms. The molecule has 1 aliphatic rings. The summed E-state index contributed by atoms with van der Waals surface area (Å²) in [6, 6.07) is 4.88. The van der Waals surface area contributed by atoms with Crippen LogP contribution in [0.5, 0.6) is 0 Å². The predicted molar refractivity (Wildman–Crippen MR) is 66.7 cm³/mol. The number of hydrogen-bond donors (Lipinski definition) is 1. The Morgan fingerprint density at radius 3 is 2.82 bits per heavy atom. The average Bonchev–Trinajstić information content (AvgIpc) is 2.28. The summed E-state index contributed by atoms with van der Waals surface area (Å²) in [6.45, 7) is 1.36. The molecular formula is C13H17ClFNO. The molecule has 1 fully saturated rings. The van der Waals surface area contributed by atoms with Crippen molar-refractivity contribution in [3.8, 4) is 0 Å². The normalized spacial score (nSPS) is 17.8. The van der Waals surface area contributed by atoms with Gasteiger partial charge in [-0.25, -0.2) is 4.39 Å². The first-order valence-electron chi connectivity index (χ1n) is 5.86. The second kappa shape index (κ2) is 5.34. The van der Waals surface area contributed by atoms with Crippen molar-refractivity contribution < 1.29 is 9.13 Å². The fourth-order valence-corrected chi connectivity index (χ4v) is 2.33. The lowest BCUT2D eigenvalue weighted by Crippen LogP contribution is -2.47. The Morgan fingerprint density at radius 2 is 2.24 bits per heavy atom. The van der Waals surface area contributed by atoms with Gasteiger partial charge in [0.15, 0.2) is 0 Å². The summed E-state index contributed by atoms with van der Waals surface area (Å²) in [7, 11) is 1.75. The van der Waals surface area contributed by atoms with Gasteiger partial charge in [0, 0.05) is 20.2 Å². The summed E-state index contributed by atoms with van der Waals surface area (Å²) in [4.78, 5) is 0. The summed E-state index contributed by atoms with van der Waals surface area (Å²) in [5.41, 5.74) is 0.775. The standard InChI is InChI=1S/C13H17ClFNO/c1-17-13(6-3-7-13)9-16-8-10-4-2-5-11(15)12(10)14/h2,4-5,16H,3,6-9H2,1H3. The second-order valence-corrected chi connectivity index (χ2v) is 4.94. The summed E-state index contributed by atoms with van der Waals surface area (Å²) in [6.07, 6.45) is 3.40. The third-order valence-corrected chi connectivity index (χ3v) is 3.92. The van der Waals surface area contributed by atoms with Gasteiger partial charge in [0.25, 0.3) is 0 Å². The maximum absolute atomic E-state index is 13.2. The Morgan fingerprint density at radius 1 is 1.47 bits per heavy atom. The van der Waals surface area contributed by atoms with E-state index in [2.05, 4.69) is 5.32 Å². The van der Waals surface area contributed by atoms with E-state index in [-0.39, 0.29) is 16.4 Å². The number of methoxy groups -OCH3 is 1. The molecule has 0 bridgehead atoms. The van der Waals surface area contributed by atoms with Crippen molar-refractivity contribution in [3.63, 3.8) is 0 Å². The maximum Gasteiger partial charge on any atom is 0.142 e. The molecule has 94 valence electrons. The molecule has 17 heavy (non-hydrogen) atoms. The molecule has 2 nitrogen and oxygen atoms in total. The molecule has 0 atom stereocenters. The number of halogens is 2. The molecule has 0 heterocycles. The highest BCUT2D eigenvalue weighted by atomic mass is 35.5. The van der Waals surface area contributed by atoms with E-state index in [4.69, 9.17) is 16.3 Å². The van der Waals surface area contributed by atoms with E-state index < -0.39 is 0 Å². The van der Waals surface area contributed by atoms with Crippen molar-refractivity contribution in [3.05, 3.63) is 34.6 Å². The molecule has 0 aromatic heterocycles. The van der Waals surface area contributed by atoms with E-state index in [1.165, 1.54) is 12.5 Å². The highest BCUT2D eigenvalue weighted by Gasteiger charge is 2.36. The molecule has 1 aromatic rings. The van der Waals surface area contributed by atoms with Crippen molar-refractivity contribution >= 4 is 11.6 Å². The lowest BCUT2D eigenvalue weighted by molar-refractivity contribution is -0.0695. The van der Waals surface area contributed by atoms with Crippen LogP contribution in [0, 0.1) is 5.82 Å². The Balaban J connectivity index is 1.88. The number of nitrogens with one attached hydrogen (secondary N) is 1. The lowest BCUT2D eigenvalue weighted by Gasteiger charge is -2.40. The van der Waals surface area contributed by atoms with E-state index in [0.29, 0.717) is 6.54 Å². The van der Waals surface area contributed by atoms with Crippen molar-refractivity contribution in [2.45, 2.75) is 31.4 Å². The Bertz CT molecular complexity index is 387. The van der Waals surface area contributed by atoms with Gasteiger partial charge in [-0.15, -0.1) is 0 Å². The number of benzene rings is 1. The minimum Gasteiger partial charge on any atom is -0.377 e. The van der Waals surface area contributed by atoms with Gasteiger partial charge < -0.3 is 10.1 Å². The molecule has 0 unspecified atom stereocenters. The molecular weight excluding hydrogens is 241 g/mol. The quantitative estimate of drug-likeness (QED) is 0.875. The second-order valence-electron chi connectivity index (χ2n) is 4.56. The molecule has 0 amide bonds. The van der Waals surface area contributed by atoms with Crippen LogP contribution in [0.1, 0.15) is 24.8 Å². The topological polar surface area (TPSA) is 21.3 Å². The SMILES string of the molecule is COC1(CNCc2cccc(F)c2Cl)CCC1. The molecule has 1 N–H and O–H groups in total. The van der Waals surface area contributed by atoms with Crippen LogP contribution in [-0.2, 0) is 11.3 Å².